The minimum atomic E-state index is 0.579. The average molecular weight is 181 g/mol. The Kier molecular flexibility index (Phi) is 3.99. The van der Waals surface area contributed by atoms with E-state index in [2.05, 4.69) is 42.3 Å². The fourth-order valence-electron chi connectivity index (χ4n) is 1.08. The van der Waals surface area contributed by atoms with Crippen molar-refractivity contribution < 1.29 is 0 Å². The van der Waals surface area contributed by atoms with Crippen LogP contribution in [0.25, 0.3) is 0 Å². The maximum atomic E-state index is 3.40. The second-order valence-electron chi connectivity index (χ2n) is 3.64. The molecule has 0 aromatic carbocycles. The fraction of sp³-hybridized carbons (Fsp3) is 0.600. The van der Waals surface area contributed by atoms with Gasteiger partial charge in [-0.2, -0.15) is 0 Å². The molecule has 1 aromatic rings. The SMILES string of the molecule is CC(CNCc1ccc[nH]1)N(C)C. The van der Waals surface area contributed by atoms with E-state index in [1.807, 2.05) is 12.3 Å². The topological polar surface area (TPSA) is 31.1 Å². The molecule has 0 amide bonds. The molecule has 3 heteroatoms. The van der Waals surface area contributed by atoms with Gasteiger partial charge in [0.15, 0.2) is 0 Å². The van der Waals surface area contributed by atoms with Crippen LogP contribution in [-0.2, 0) is 6.54 Å². The summed E-state index contributed by atoms with van der Waals surface area (Å²) >= 11 is 0. The predicted octanol–water partition coefficient (Wildman–Crippen LogP) is 1.05. The molecule has 0 saturated heterocycles. The van der Waals surface area contributed by atoms with E-state index in [-0.39, 0.29) is 0 Å². The maximum Gasteiger partial charge on any atom is 0.0357 e. The van der Waals surface area contributed by atoms with Crippen LogP contribution in [0.15, 0.2) is 18.3 Å². The van der Waals surface area contributed by atoms with Crippen molar-refractivity contribution in [3.8, 4) is 0 Å². The van der Waals surface area contributed by atoms with Crippen LogP contribution in [0.2, 0.25) is 0 Å². The van der Waals surface area contributed by atoms with Crippen molar-refractivity contribution in [3.05, 3.63) is 24.0 Å². The summed E-state index contributed by atoms with van der Waals surface area (Å²) < 4.78 is 0. The summed E-state index contributed by atoms with van der Waals surface area (Å²) in [6, 6.07) is 4.69. The van der Waals surface area contributed by atoms with Gasteiger partial charge in [0.05, 0.1) is 0 Å². The average Bonchev–Trinajstić information content (AvgIpc) is 2.56. The number of likely N-dealkylation sites (N-methyl/N-ethyl adjacent to an activating group) is 1. The van der Waals surface area contributed by atoms with E-state index in [4.69, 9.17) is 0 Å². The first-order valence-corrected chi connectivity index (χ1v) is 4.69. The molecule has 3 nitrogen and oxygen atoms in total. The van der Waals surface area contributed by atoms with Crippen molar-refractivity contribution >= 4 is 0 Å². The fourth-order valence-corrected chi connectivity index (χ4v) is 1.08. The van der Waals surface area contributed by atoms with Gasteiger partial charge in [0, 0.05) is 31.0 Å². The number of H-pyrrole nitrogens is 1. The highest BCUT2D eigenvalue weighted by Crippen LogP contribution is 1.94. The molecular weight excluding hydrogens is 162 g/mol. The van der Waals surface area contributed by atoms with Gasteiger partial charge in [0.25, 0.3) is 0 Å². The summed E-state index contributed by atoms with van der Waals surface area (Å²) in [6.07, 6.45) is 1.95. The molecule has 2 N–H and O–H groups in total. The lowest BCUT2D eigenvalue weighted by molar-refractivity contribution is 0.302. The first kappa shape index (κ1) is 10.3. The number of nitrogens with zero attached hydrogens (tertiary/aromatic N) is 1. The molecular formula is C10H19N3. The summed E-state index contributed by atoms with van der Waals surface area (Å²) in [5.41, 5.74) is 1.24. The molecule has 0 bridgehead atoms. The van der Waals surface area contributed by atoms with E-state index < -0.39 is 0 Å². The zero-order valence-electron chi connectivity index (χ0n) is 8.67. The first-order valence-electron chi connectivity index (χ1n) is 4.69. The van der Waals surface area contributed by atoms with Crippen molar-refractivity contribution in [1.29, 1.82) is 0 Å². The Balaban J connectivity index is 2.14. The lowest BCUT2D eigenvalue weighted by atomic mass is 10.3. The normalized spacial score (nSPS) is 13.5. The number of aromatic amines is 1. The Morgan fingerprint density at radius 2 is 2.31 bits per heavy atom. The van der Waals surface area contributed by atoms with Gasteiger partial charge in [-0.3, -0.25) is 0 Å². The number of nitrogens with one attached hydrogen (secondary N) is 2. The molecule has 1 heterocycles. The Morgan fingerprint density at radius 3 is 2.85 bits per heavy atom. The van der Waals surface area contributed by atoms with Crippen LogP contribution in [-0.4, -0.2) is 36.6 Å². The third-order valence-electron chi connectivity index (χ3n) is 2.30. The van der Waals surface area contributed by atoms with Gasteiger partial charge in [0.1, 0.15) is 0 Å². The standard InChI is InChI=1S/C10H19N3/c1-9(13(2)3)7-11-8-10-5-4-6-12-10/h4-6,9,11-12H,7-8H2,1-3H3. The molecule has 0 aliphatic rings. The zero-order chi connectivity index (χ0) is 9.68. The largest absolute Gasteiger partial charge is 0.364 e. The van der Waals surface area contributed by atoms with Crippen LogP contribution in [0.4, 0.5) is 0 Å². The van der Waals surface area contributed by atoms with Gasteiger partial charge >= 0.3 is 0 Å². The van der Waals surface area contributed by atoms with Crippen molar-refractivity contribution in [1.82, 2.24) is 15.2 Å². The third kappa shape index (κ3) is 3.61. The Morgan fingerprint density at radius 1 is 1.54 bits per heavy atom. The minimum absolute atomic E-state index is 0.579. The van der Waals surface area contributed by atoms with E-state index in [9.17, 15) is 0 Å². The van der Waals surface area contributed by atoms with Crippen molar-refractivity contribution in [2.75, 3.05) is 20.6 Å². The molecule has 0 saturated carbocycles. The van der Waals surface area contributed by atoms with E-state index in [1.165, 1.54) is 5.69 Å². The van der Waals surface area contributed by atoms with Crippen LogP contribution >= 0.6 is 0 Å². The van der Waals surface area contributed by atoms with Crippen molar-refractivity contribution in [2.24, 2.45) is 0 Å². The van der Waals surface area contributed by atoms with Gasteiger partial charge in [-0.05, 0) is 33.2 Å². The van der Waals surface area contributed by atoms with Gasteiger partial charge in [-0.1, -0.05) is 0 Å². The number of hydrogen-bond donors (Lipinski definition) is 2. The molecule has 74 valence electrons. The second-order valence-corrected chi connectivity index (χ2v) is 3.64. The molecule has 0 aliphatic heterocycles. The van der Waals surface area contributed by atoms with Crippen molar-refractivity contribution in [3.63, 3.8) is 0 Å². The van der Waals surface area contributed by atoms with Gasteiger partial charge in [-0.25, -0.2) is 0 Å². The summed E-state index contributed by atoms with van der Waals surface area (Å²) in [4.78, 5) is 5.37. The Labute approximate surface area is 80.1 Å². The lowest BCUT2D eigenvalue weighted by Gasteiger charge is -2.19. The van der Waals surface area contributed by atoms with Crippen LogP contribution in [0.3, 0.4) is 0 Å². The maximum absolute atomic E-state index is 3.40. The molecule has 1 rings (SSSR count). The Hall–Kier alpha value is -0.800. The molecule has 0 aliphatic carbocycles. The van der Waals surface area contributed by atoms with Gasteiger partial charge in [0.2, 0.25) is 0 Å². The van der Waals surface area contributed by atoms with Gasteiger partial charge in [-0.15, -0.1) is 0 Å². The highest BCUT2D eigenvalue weighted by atomic mass is 15.1. The predicted molar refractivity (Wildman–Crippen MR) is 55.6 cm³/mol. The summed E-state index contributed by atoms with van der Waals surface area (Å²) in [7, 11) is 4.20. The second kappa shape index (κ2) is 5.04. The highest BCUT2D eigenvalue weighted by Gasteiger charge is 2.02. The molecule has 1 atom stereocenters. The minimum Gasteiger partial charge on any atom is -0.364 e. The van der Waals surface area contributed by atoms with Crippen LogP contribution < -0.4 is 5.32 Å². The van der Waals surface area contributed by atoms with Crippen LogP contribution in [0.1, 0.15) is 12.6 Å². The third-order valence-corrected chi connectivity index (χ3v) is 2.30. The number of hydrogen-bond acceptors (Lipinski definition) is 2. The van der Waals surface area contributed by atoms with E-state index >= 15 is 0 Å². The smallest absolute Gasteiger partial charge is 0.0357 e. The highest BCUT2D eigenvalue weighted by molar-refractivity contribution is 5.02. The molecule has 0 radical (unpaired) electrons. The zero-order valence-corrected chi connectivity index (χ0v) is 8.67. The first-order chi connectivity index (χ1) is 6.20. The molecule has 1 unspecified atom stereocenters. The quantitative estimate of drug-likeness (QED) is 0.711. The monoisotopic (exact) mass is 181 g/mol. The molecule has 1 aromatic heterocycles. The van der Waals surface area contributed by atoms with Crippen molar-refractivity contribution in [2.45, 2.75) is 19.5 Å². The number of aromatic nitrogens is 1. The summed E-state index contributed by atoms with van der Waals surface area (Å²) in [5.74, 6) is 0. The lowest BCUT2D eigenvalue weighted by Crippen LogP contribution is -2.35. The van der Waals surface area contributed by atoms with E-state index in [1.54, 1.807) is 0 Å². The van der Waals surface area contributed by atoms with E-state index in [0.717, 1.165) is 13.1 Å². The van der Waals surface area contributed by atoms with Crippen LogP contribution in [0, 0.1) is 0 Å². The molecule has 13 heavy (non-hydrogen) atoms. The number of rotatable bonds is 5. The molecule has 0 spiro atoms. The van der Waals surface area contributed by atoms with Gasteiger partial charge < -0.3 is 15.2 Å². The van der Waals surface area contributed by atoms with Crippen LogP contribution in [0.5, 0.6) is 0 Å². The summed E-state index contributed by atoms with van der Waals surface area (Å²) in [5, 5.41) is 3.40. The van der Waals surface area contributed by atoms with E-state index in [0.29, 0.717) is 6.04 Å². The molecule has 0 fully saturated rings. The Bertz CT molecular complexity index is 216. The summed E-state index contributed by atoms with van der Waals surface area (Å²) in [6.45, 7) is 4.15.